The molecule has 0 unspecified atom stereocenters. The molecule has 6 nitrogen and oxygen atoms in total. The zero-order chi connectivity index (χ0) is 21.8. The highest BCUT2D eigenvalue weighted by Gasteiger charge is 2.54. The molecule has 0 spiro atoms. The van der Waals surface area contributed by atoms with Crippen LogP contribution < -0.4 is 10.6 Å². The molecule has 0 aliphatic heterocycles. The molecule has 4 bridgehead atoms. The molecule has 1 aromatic carbocycles. The Balaban J connectivity index is 1.21. The minimum absolute atomic E-state index is 0.0000824. The first-order chi connectivity index (χ1) is 15.0. The summed E-state index contributed by atoms with van der Waals surface area (Å²) in [6.07, 6.45) is 8.42. The summed E-state index contributed by atoms with van der Waals surface area (Å²) in [5.41, 5.74) is 0.752. The van der Waals surface area contributed by atoms with E-state index in [4.69, 9.17) is 4.74 Å². The number of esters is 1. The van der Waals surface area contributed by atoms with Gasteiger partial charge in [-0.2, -0.15) is 0 Å². The number of amides is 2. The van der Waals surface area contributed by atoms with E-state index in [2.05, 4.69) is 17.6 Å². The molecule has 168 valence electrons. The largest absolute Gasteiger partial charge is 0.454 e. The highest BCUT2D eigenvalue weighted by atomic mass is 16.5. The van der Waals surface area contributed by atoms with Crippen LogP contribution in [0.15, 0.2) is 30.3 Å². The summed E-state index contributed by atoms with van der Waals surface area (Å²) in [5.74, 6) is 1.12. The van der Waals surface area contributed by atoms with Crippen molar-refractivity contribution in [3.63, 3.8) is 0 Å². The number of carbonyl (C=O) groups excluding carboxylic acids is 3. The molecule has 6 heteroatoms. The summed E-state index contributed by atoms with van der Waals surface area (Å²) in [6, 6.07) is 9.67. The highest BCUT2D eigenvalue weighted by Crippen LogP contribution is 2.60. The molecule has 1 aromatic rings. The third-order valence-electron chi connectivity index (χ3n) is 7.39. The molecule has 0 saturated heterocycles. The number of nitrogens with one attached hydrogen (secondary N) is 2. The SMILES string of the molecule is CCC[C@H](NC(=O)COC(=O)CNC(=O)C12CC3CC(CC(C3)C1)C2)c1ccccc1. The Morgan fingerprint density at radius 2 is 1.65 bits per heavy atom. The van der Waals surface area contributed by atoms with Crippen molar-refractivity contribution in [1.29, 1.82) is 0 Å². The predicted molar refractivity (Wildman–Crippen MR) is 117 cm³/mol. The zero-order valence-corrected chi connectivity index (χ0v) is 18.4. The van der Waals surface area contributed by atoms with Gasteiger partial charge in [-0.3, -0.25) is 14.4 Å². The Bertz CT molecular complexity index is 772. The van der Waals surface area contributed by atoms with Crippen LogP contribution in [0.3, 0.4) is 0 Å². The maximum Gasteiger partial charge on any atom is 0.325 e. The van der Waals surface area contributed by atoms with Gasteiger partial charge in [0.25, 0.3) is 5.91 Å². The second kappa shape index (κ2) is 9.41. The van der Waals surface area contributed by atoms with Crippen molar-refractivity contribution >= 4 is 17.8 Å². The van der Waals surface area contributed by atoms with Gasteiger partial charge < -0.3 is 15.4 Å². The summed E-state index contributed by atoms with van der Waals surface area (Å²) in [5, 5.41) is 5.74. The quantitative estimate of drug-likeness (QED) is 0.592. The fourth-order valence-electron chi connectivity index (χ4n) is 6.46. The van der Waals surface area contributed by atoms with Crippen LogP contribution in [0.5, 0.6) is 0 Å². The van der Waals surface area contributed by atoms with Crippen LogP contribution in [0.1, 0.15) is 69.9 Å². The average Bonchev–Trinajstić information content (AvgIpc) is 2.75. The van der Waals surface area contributed by atoms with Crippen LogP contribution in [0.25, 0.3) is 0 Å². The minimum atomic E-state index is -0.569. The molecular weight excluding hydrogens is 392 g/mol. The van der Waals surface area contributed by atoms with Crippen molar-refractivity contribution < 1.29 is 19.1 Å². The van der Waals surface area contributed by atoms with Gasteiger partial charge in [-0.15, -0.1) is 0 Å². The first kappa shape index (κ1) is 21.8. The Morgan fingerprint density at radius 1 is 1.03 bits per heavy atom. The van der Waals surface area contributed by atoms with E-state index >= 15 is 0 Å². The van der Waals surface area contributed by atoms with E-state index in [-0.39, 0.29) is 36.4 Å². The predicted octanol–water partition coefficient (Wildman–Crippen LogP) is 3.52. The van der Waals surface area contributed by atoms with Gasteiger partial charge in [-0.05, 0) is 68.3 Å². The number of hydrogen-bond acceptors (Lipinski definition) is 4. The topological polar surface area (TPSA) is 84.5 Å². The summed E-state index contributed by atoms with van der Waals surface area (Å²) in [4.78, 5) is 37.4. The highest BCUT2D eigenvalue weighted by molar-refractivity contribution is 5.87. The van der Waals surface area contributed by atoms with Gasteiger partial charge in [0.15, 0.2) is 6.61 Å². The Morgan fingerprint density at radius 3 is 2.23 bits per heavy atom. The molecule has 0 radical (unpaired) electrons. The van der Waals surface area contributed by atoms with Gasteiger partial charge in [0.2, 0.25) is 5.91 Å². The monoisotopic (exact) mass is 426 g/mol. The summed E-state index contributed by atoms with van der Waals surface area (Å²) in [6.45, 7) is 1.55. The van der Waals surface area contributed by atoms with E-state index in [0.29, 0.717) is 17.8 Å². The zero-order valence-electron chi connectivity index (χ0n) is 18.4. The molecule has 1 atom stereocenters. The van der Waals surface area contributed by atoms with Crippen LogP contribution in [0.2, 0.25) is 0 Å². The van der Waals surface area contributed by atoms with E-state index < -0.39 is 5.97 Å². The van der Waals surface area contributed by atoms with Crippen molar-refractivity contribution in [3.05, 3.63) is 35.9 Å². The Kier molecular flexibility index (Phi) is 6.63. The molecule has 0 aromatic heterocycles. The van der Waals surface area contributed by atoms with Crippen LogP contribution in [0.4, 0.5) is 0 Å². The van der Waals surface area contributed by atoms with E-state index in [0.717, 1.165) is 37.7 Å². The first-order valence-corrected chi connectivity index (χ1v) is 11.8. The lowest BCUT2D eigenvalue weighted by molar-refractivity contribution is -0.152. The maximum absolute atomic E-state index is 12.9. The lowest BCUT2D eigenvalue weighted by Crippen LogP contribution is -2.54. The molecule has 4 aliphatic rings. The number of hydrogen-bond donors (Lipinski definition) is 2. The lowest BCUT2D eigenvalue weighted by atomic mass is 9.49. The van der Waals surface area contributed by atoms with E-state index in [1.54, 1.807) is 0 Å². The van der Waals surface area contributed by atoms with Crippen molar-refractivity contribution in [2.24, 2.45) is 23.2 Å². The van der Waals surface area contributed by atoms with Gasteiger partial charge in [0.05, 0.1) is 6.04 Å². The van der Waals surface area contributed by atoms with E-state index in [1.165, 1.54) is 19.3 Å². The molecule has 0 heterocycles. The van der Waals surface area contributed by atoms with Crippen LogP contribution in [-0.2, 0) is 19.1 Å². The number of carbonyl (C=O) groups is 3. The molecule has 5 rings (SSSR count). The normalized spacial score (nSPS) is 29.3. The molecule has 4 aliphatic carbocycles. The van der Waals surface area contributed by atoms with Crippen molar-refractivity contribution in [2.75, 3.05) is 13.2 Å². The van der Waals surface area contributed by atoms with Crippen LogP contribution >= 0.6 is 0 Å². The van der Waals surface area contributed by atoms with Gasteiger partial charge in [0.1, 0.15) is 6.54 Å². The van der Waals surface area contributed by atoms with Crippen molar-refractivity contribution in [3.8, 4) is 0 Å². The maximum atomic E-state index is 12.9. The van der Waals surface area contributed by atoms with E-state index in [9.17, 15) is 14.4 Å². The summed E-state index contributed by atoms with van der Waals surface area (Å²) >= 11 is 0. The van der Waals surface area contributed by atoms with Gasteiger partial charge >= 0.3 is 5.97 Å². The van der Waals surface area contributed by atoms with Gasteiger partial charge in [-0.1, -0.05) is 43.7 Å². The second-order valence-corrected chi connectivity index (χ2v) is 9.86. The number of ether oxygens (including phenoxy) is 1. The summed E-state index contributed by atoms with van der Waals surface area (Å²) in [7, 11) is 0. The smallest absolute Gasteiger partial charge is 0.325 e. The molecule has 2 amide bonds. The Hall–Kier alpha value is -2.37. The first-order valence-electron chi connectivity index (χ1n) is 11.8. The molecule has 2 N–H and O–H groups in total. The second-order valence-electron chi connectivity index (χ2n) is 9.86. The van der Waals surface area contributed by atoms with Crippen LogP contribution in [0, 0.1) is 23.2 Å². The fraction of sp³-hybridized carbons (Fsp3) is 0.640. The fourth-order valence-corrected chi connectivity index (χ4v) is 6.46. The van der Waals surface area contributed by atoms with Crippen molar-refractivity contribution in [1.82, 2.24) is 10.6 Å². The number of rotatable bonds is 9. The molecule has 4 fully saturated rings. The minimum Gasteiger partial charge on any atom is -0.454 e. The molecule has 4 saturated carbocycles. The Labute approximate surface area is 184 Å². The lowest BCUT2D eigenvalue weighted by Gasteiger charge is -2.55. The van der Waals surface area contributed by atoms with E-state index in [1.807, 2.05) is 30.3 Å². The van der Waals surface area contributed by atoms with Gasteiger partial charge in [0, 0.05) is 5.41 Å². The summed E-state index contributed by atoms with van der Waals surface area (Å²) < 4.78 is 5.12. The molecule has 31 heavy (non-hydrogen) atoms. The molecular formula is C25H34N2O4. The average molecular weight is 427 g/mol. The van der Waals surface area contributed by atoms with Crippen molar-refractivity contribution in [2.45, 2.75) is 64.3 Å². The standard InChI is InChI=1S/C25H34N2O4/c1-2-6-21(20-7-4-3-5-8-20)27-22(28)16-31-23(29)15-26-24(30)25-12-17-9-18(13-25)11-19(10-17)14-25/h3-5,7-8,17-19,21H,2,6,9-16H2,1H3,(H,26,30)(H,27,28)/t17?,18?,19?,21-,25?/m0/s1. The van der Waals surface area contributed by atoms with Crippen LogP contribution in [-0.4, -0.2) is 30.9 Å². The number of benzene rings is 1. The third-order valence-corrected chi connectivity index (χ3v) is 7.39. The third kappa shape index (κ3) is 5.10. The van der Waals surface area contributed by atoms with Gasteiger partial charge in [-0.25, -0.2) is 0 Å².